The van der Waals surface area contributed by atoms with Crippen molar-refractivity contribution < 1.29 is 45.3 Å². The maximum atomic E-state index is 13.6. The van der Waals surface area contributed by atoms with Crippen molar-refractivity contribution in [2.75, 3.05) is 18.5 Å². The summed E-state index contributed by atoms with van der Waals surface area (Å²) < 4.78 is 89.0. The molecule has 35 heavy (non-hydrogen) atoms. The SMILES string of the molecule is COC(=O)c1ccc(N(c2csc(C#Cc3ccc(F)c(OC(F)(F)F)c3)n2)S(=O)[O-])c(OC)c1. The summed E-state index contributed by atoms with van der Waals surface area (Å²) in [5, 5.41) is 1.49. The second-order valence-electron chi connectivity index (χ2n) is 6.34. The highest BCUT2D eigenvalue weighted by Crippen LogP contribution is 2.36. The minimum absolute atomic E-state index is 0.00623. The number of nitrogens with zero attached hydrogens (tertiary/aromatic N) is 2. The van der Waals surface area contributed by atoms with E-state index in [0.29, 0.717) is 0 Å². The van der Waals surface area contributed by atoms with Crippen molar-refractivity contribution >= 4 is 40.1 Å². The van der Waals surface area contributed by atoms with Crippen LogP contribution in [0, 0.1) is 17.7 Å². The fourth-order valence-electron chi connectivity index (χ4n) is 2.70. The Morgan fingerprint density at radius 2 is 1.89 bits per heavy atom. The molecule has 3 aromatic rings. The number of anilines is 2. The van der Waals surface area contributed by atoms with E-state index in [0.717, 1.165) is 33.8 Å². The number of thiazole rings is 1. The number of halogens is 4. The summed E-state index contributed by atoms with van der Waals surface area (Å²) in [5.74, 6) is 2.17. The van der Waals surface area contributed by atoms with Crippen molar-refractivity contribution in [3.8, 4) is 23.3 Å². The van der Waals surface area contributed by atoms with Gasteiger partial charge in [-0.1, -0.05) is 5.92 Å². The number of ether oxygens (including phenoxy) is 3. The van der Waals surface area contributed by atoms with Gasteiger partial charge < -0.3 is 18.8 Å². The van der Waals surface area contributed by atoms with E-state index in [1.54, 1.807) is 0 Å². The second-order valence-corrected chi connectivity index (χ2v) is 8.00. The molecule has 0 spiro atoms. The lowest BCUT2D eigenvalue weighted by atomic mass is 10.2. The van der Waals surface area contributed by atoms with E-state index in [1.165, 1.54) is 37.8 Å². The molecule has 1 aromatic heterocycles. The van der Waals surface area contributed by atoms with Gasteiger partial charge in [0.15, 0.2) is 22.4 Å². The van der Waals surface area contributed by atoms with Crippen LogP contribution in [0.1, 0.15) is 20.9 Å². The molecule has 1 heterocycles. The van der Waals surface area contributed by atoms with Crippen molar-refractivity contribution in [3.63, 3.8) is 0 Å². The molecule has 0 amide bonds. The summed E-state index contributed by atoms with van der Waals surface area (Å²) in [5.41, 5.74) is 0.181. The standard InChI is InChI=1S/C21H14F4N2O6S2/c1-31-17-10-13(20(28)32-2)5-7-15(17)27(35(29)30)18-11-34-19(26-18)8-4-12-3-6-14(22)16(9-12)33-21(23,24)25/h3,5-7,9-11H,1-2H3,(H,29,30)/p-1. The van der Waals surface area contributed by atoms with Gasteiger partial charge in [0.05, 0.1) is 36.7 Å². The first-order valence-electron chi connectivity index (χ1n) is 9.21. The molecular weight excluding hydrogens is 516 g/mol. The first kappa shape index (κ1) is 25.9. The Kier molecular flexibility index (Phi) is 7.95. The van der Waals surface area contributed by atoms with Crippen LogP contribution in [-0.2, 0) is 16.0 Å². The van der Waals surface area contributed by atoms with Gasteiger partial charge in [-0.3, -0.25) is 4.21 Å². The Morgan fingerprint density at radius 3 is 2.51 bits per heavy atom. The third-order valence-corrected chi connectivity index (χ3v) is 5.57. The van der Waals surface area contributed by atoms with Gasteiger partial charge in [0.2, 0.25) is 0 Å². The number of hydrogen-bond acceptors (Lipinski definition) is 8. The van der Waals surface area contributed by atoms with Gasteiger partial charge in [-0.15, -0.1) is 24.5 Å². The van der Waals surface area contributed by atoms with Gasteiger partial charge in [0.1, 0.15) is 5.75 Å². The van der Waals surface area contributed by atoms with Crippen LogP contribution in [0.3, 0.4) is 0 Å². The van der Waals surface area contributed by atoms with Gasteiger partial charge >= 0.3 is 12.3 Å². The van der Waals surface area contributed by atoms with E-state index in [1.807, 2.05) is 0 Å². The number of carbonyl (C=O) groups excluding carboxylic acids is 1. The summed E-state index contributed by atoms with van der Waals surface area (Å²) in [6.07, 6.45) is -5.08. The third kappa shape index (κ3) is 6.47. The highest BCUT2D eigenvalue weighted by molar-refractivity contribution is 7.81. The fraction of sp³-hybridized carbons (Fsp3) is 0.143. The minimum Gasteiger partial charge on any atom is -0.755 e. The molecule has 14 heteroatoms. The molecule has 0 aliphatic carbocycles. The van der Waals surface area contributed by atoms with Crippen molar-refractivity contribution in [3.05, 3.63) is 63.7 Å². The van der Waals surface area contributed by atoms with Crippen LogP contribution < -0.4 is 13.8 Å². The number of methoxy groups -OCH3 is 2. The molecule has 0 saturated carbocycles. The Bertz CT molecular complexity index is 1330. The predicted octanol–water partition coefficient (Wildman–Crippen LogP) is 4.31. The molecule has 1 unspecified atom stereocenters. The van der Waals surface area contributed by atoms with E-state index < -0.39 is 35.2 Å². The number of alkyl halides is 3. The zero-order chi connectivity index (χ0) is 25.8. The van der Waals surface area contributed by atoms with Crippen molar-refractivity contribution in [2.24, 2.45) is 0 Å². The van der Waals surface area contributed by atoms with Gasteiger partial charge in [0.25, 0.3) is 0 Å². The van der Waals surface area contributed by atoms with Crippen LogP contribution in [0.4, 0.5) is 29.1 Å². The number of aromatic nitrogens is 1. The lowest BCUT2D eigenvalue weighted by molar-refractivity contribution is -0.275. The molecular formula is C21H13F4N2O6S2-. The van der Waals surface area contributed by atoms with Crippen LogP contribution in [0.15, 0.2) is 41.8 Å². The first-order valence-corrected chi connectivity index (χ1v) is 11.1. The number of rotatable bonds is 6. The second kappa shape index (κ2) is 10.7. The summed E-state index contributed by atoms with van der Waals surface area (Å²) >= 11 is -1.91. The average Bonchev–Trinajstić information content (AvgIpc) is 3.26. The van der Waals surface area contributed by atoms with Crippen LogP contribution in [0.2, 0.25) is 0 Å². The van der Waals surface area contributed by atoms with Gasteiger partial charge in [-0.25, -0.2) is 18.5 Å². The largest absolute Gasteiger partial charge is 0.755 e. The zero-order valence-corrected chi connectivity index (χ0v) is 19.3. The maximum absolute atomic E-state index is 13.6. The van der Waals surface area contributed by atoms with E-state index in [9.17, 15) is 31.1 Å². The van der Waals surface area contributed by atoms with Crippen molar-refractivity contribution in [1.82, 2.24) is 4.98 Å². The molecule has 184 valence electrons. The Morgan fingerprint density at radius 1 is 1.14 bits per heavy atom. The monoisotopic (exact) mass is 529 g/mol. The molecule has 1 atom stereocenters. The molecule has 0 radical (unpaired) electrons. The van der Waals surface area contributed by atoms with Crippen molar-refractivity contribution in [2.45, 2.75) is 6.36 Å². The number of hydrogen-bond donors (Lipinski definition) is 0. The van der Waals surface area contributed by atoms with Gasteiger partial charge in [-0.2, -0.15) is 0 Å². The third-order valence-electron chi connectivity index (χ3n) is 4.14. The summed E-state index contributed by atoms with van der Waals surface area (Å²) in [7, 11) is 2.47. The van der Waals surface area contributed by atoms with Gasteiger partial charge in [0, 0.05) is 10.9 Å². The van der Waals surface area contributed by atoms with E-state index >= 15 is 0 Å². The molecule has 0 aliphatic rings. The Hall–Kier alpha value is -3.67. The van der Waals surface area contributed by atoms with Crippen LogP contribution in [0.25, 0.3) is 0 Å². The number of esters is 1. The van der Waals surface area contributed by atoms with Crippen molar-refractivity contribution in [1.29, 1.82) is 0 Å². The van der Waals surface area contributed by atoms with Gasteiger partial charge in [-0.05, 0) is 42.3 Å². The lowest BCUT2D eigenvalue weighted by Crippen LogP contribution is -2.20. The highest BCUT2D eigenvalue weighted by Gasteiger charge is 2.32. The lowest BCUT2D eigenvalue weighted by Gasteiger charge is -2.25. The van der Waals surface area contributed by atoms with Crippen LogP contribution >= 0.6 is 11.3 Å². The van der Waals surface area contributed by atoms with Crippen LogP contribution in [0.5, 0.6) is 11.5 Å². The van der Waals surface area contributed by atoms with Crippen LogP contribution in [-0.4, -0.2) is 40.3 Å². The molecule has 0 bridgehead atoms. The Labute approximate surface area is 202 Å². The Balaban J connectivity index is 1.92. The number of benzene rings is 2. The average molecular weight is 529 g/mol. The smallest absolute Gasteiger partial charge is 0.573 e. The topological polar surface area (TPSA) is 101 Å². The highest BCUT2D eigenvalue weighted by atomic mass is 32.2. The minimum atomic E-state index is -5.08. The number of carbonyl (C=O) groups is 1. The first-order chi connectivity index (χ1) is 16.5. The normalized spacial score (nSPS) is 11.7. The summed E-state index contributed by atoms with van der Waals surface area (Å²) in [6, 6.07) is 6.65. The predicted molar refractivity (Wildman–Crippen MR) is 117 cm³/mol. The van der Waals surface area contributed by atoms with E-state index in [2.05, 4.69) is 26.3 Å². The maximum Gasteiger partial charge on any atom is 0.573 e. The summed E-state index contributed by atoms with van der Waals surface area (Å²) in [4.78, 5) is 15.9. The zero-order valence-electron chi connectivity index (χ0n) is 17.7. The molecule has 0 N–H and O–H groups in total. The summed E-state index contributed by atoms with van der Waals surface area (Å²) in [6.45, 7) is 0. The molecule has 0 fully saturated rings. The molecule has 8 nitrogen and oxygen atoms in total. The quantitative estimate of drug-likeness (QED) is 0.203. The fourth-order valence-corrected chi connectivity index (χ4v) is 3.95. The molecule has 2 aromatic carbocycles. The molecule has 0 aliphatic heterocycles. The molecule has 0 saturated heterocycles. The molecule has 3 rings (SSSR count). The van der Waals surface area contributed by atoms with E-state index in [-0.39, 0.29) is 33.4 Å². The van der Waals surface area contributed by atoms with E-state index in [4.69, 9.17) is 4.74 Å².